The summed E-state index contributed by atoms with van der Waals surface area (Å²) in [7, 11) is 1.31. The first-order valence-electron chi connectivity index (χ1n) is 5.18. The van der Waals surface area contributed by atoms with E-state index in [1.165, 1.54) is 26.4 Å². The van der Waals surface area contributed by atoms with Crippen LogP contribution in [0, 0.1) is 5.92 Å². The van der Waals surface area contributed by atoms with Gasteiger partial charge in [0.25, 0.3) is 6.47 Å². The molecule has 0 N–H and O–H groups in total. The van der Waals surface area contributed by atoms with E-state index in [9.17, 15) is 3.89 Å². The van der Waals surface area contributed by atoms with Crippen molar-refractivity contribution in [3.8, 4) is 0 Å². The molecule has 1 rings (SSSR count). The molecular weight excluding hydrogens is 219 g/mol. The van der Waals surface area contributed by atoms with Gasteiger partial charge in [-0.2, -0.15) is 0 Å². The molecule has 0 radical (unpaired) electrons. The lowest BCUT2D eigenvalue weighted by atomic mass is 9.86. The van der Waals surface area contributed by atoms with Gasteiger partial charge in [0.2, 0.25) is 12.4 Å². The molecule has 1 aliphatic rings. The second-order valence-electron chi connectivity index (χ2n) is 3.54. The van der Waals surface area contributed by atoms with Gasteiger partial charge in [-0.1, -0.05) is 13.3 Å². The summed E-state index contributed by atoms with van der Waals surface area (Å²) in [6.45, 7) is 2.59. The van der Waals surface area contributed by atoms with E-state index in [1.807, 2.05) is 0 Å². The molecule has 0 spiro atoms. The molecule has 0 amide bonds. The number of hydrogen-bond donors (Lipinski definition) is 0. The van der Waals surface area contributed by atoms with E-state index in [-0.39, 0.29) is 18.5 Å². The first-order valence-corrected chi connectivity index (χ1v) is 5.83. The fourth-order valence-electron chi connectivity index (χ4n) is 1.69. The topological polar surface area (TPSA) is 35.5 Å². The second-order valence-corrected chi connectivity index (χ2v) is 3.86. The maximum atomic E-state index is 11.7. The highest BCUT2D eigenvalue weighted by atomic mass is 32.2. The zero-order valence-electron chi connectivity index (χ0n) is 9.28. The lowest BCUT2D eigenvalue weighted by Gasteiger charge is -2.25. The van der Waals surface area contributed by atoms with Gasteiger partial charge in [-0.25, -0.2) is 0 Å². The van der Waals surface area contributed by atoms with E-state index in [0.29, 0.717) is 6.47 Å². The van der Waals surface area contributed by atoms with Crippen molar-refractivity contribution in [3.63, 3.8) is 0 Å². The van der Waals surface area contributed by atoms with Crippen LogP contribution in [0.5, 0.6) is 0 Å². The van der Waals surface area contributed by atoms with Gasteiger partial charge < -0.3 is 4.74 Å². The Balaban J connectivity index is 0.000000423. The van der Waals surface area contributed by atoms with Crippen molar-refractivity contribution in [2.45, 2.75) is 45.1 Å². The van der Waals surface area contributed by atoms with E-state index in [4.69, 9.17) is 8.98 Å². The predicted molar refractivity (Wildman–Crippen MR) is 58.9 cm³/mol. The van der Waals surface area contributed by atoms with Crippen molar-refractivity contribution in [3.05, 3.63) is 0 Å². The molecule has 0 unspecified atom stereocenters. The maximum absolute atomic E-state index is 11.7. The van der Waals surface area contributed by atoms with Crippen LogP contribution < -0.4 is 0 Å². The number of carbonyl (C=O) groups excluding carboxylic acids is 1. The van der Waals surface area contributed by atoms with Crippen LogP contribution in [0.4, 0.5) is 3.89 Å². The Morgan fingerprint density at radius 3 is 2.27 bits per heavy atom. The van der Waals surface area contributed by atoms with Crippen molar-refractivity contribution in [1.29, 1.82) is 0 Å². The Morgan fingerprint density at radius 1 is 1.40 bits per heavy atom. The summed E-state index contributed by atoms with van der Waals surface area (Å²) < 4.78 is 20.3. The van der Waals surface area contributed by atoms with Crippen molar-refractivity contribution in [2.75, 3.05) is 7.11 Å². The SMILES string of the molecule is CCC1CCC(OSF)CC1.COC=O. The Labute approximate surface area is 95.2 Å². The molecule has 0 heterocycles. The highest BCUT2D eigenvalue weighted by Gasteiger charge is 2.20. The van der Waals surface area contributed by atoms with E-state index in [1.54, 1.807) is 0 Å². The predicted octanol–water partition coefficient (Wildman–Crippen LogP) is 3.29. The smallest absolute Gasteiger partial charge is 0.292 e. The summed E-state index contributed by atoms with van der Waals surface area (Å²) in [5, 5.41) is 0. The maximum Gasteiger partial charge on any atom is 0.292 e. The average molecular weight is 238 g/mol. The van der Waals surface area contributed by atoms with Crippen LogP contribution in [-0.2, 0) is 13.7 Å². The summed E-state index contributed by atoms with van der Waals surface area (Å²) in [6.07, 6.45) is 5.93. The Bertz CT molecular complexity index is 150. The number of rotatable bonds is 4. The highest BCUT2D eigenvalue weighted by Crippen LogP contribution is 2.30. The molecule has 3 nitrogen and oxygen atoms in total. The number of halogens is 1. The lowest BCUT2D eigenvalue weighted by molar-refractivity contribution is -0.126. The fraction of sp³-hybridized carbons (Fsp3) is 0.900. The molecule has 0 atom stereocenters. The zero-order valence-corrected chi connectivity index (χ0v) is 10.1. The van der Waals surface area contributed by atoms with Gasteiger partial charge in [-0.15, -0.1) is 3.89 Å². The van der Waals surface area contributed by atoms with Crippen molar-refractivity contribution in [1.82, 2.24) is 0 Å². The highest BCUT2D eigenvalue weighted by molar-refractivity contribution is 7.89. The van der Waals surface area contributed by atoms with E-state index in [2.05, 4.69) is 11.7 Å². The monoisotopic (exact) mass is 238 g/mol. The molecule has 90 valence electrons. The van der Waals surface area contributed by atoms with Crippen molar-refractivity contribution in [2.24, 2.45) is 5.92 Å². The number of methoxy groups -OCH3 is 1. The molecule has 1 fully saturated rings. The summed E-state index contributed by atoms with van der Waals surface area (Å²) in [5.41, 5.74) is 0. The first kappa shape index (κ1) is 14.7. The fourth-order valence-corrected chi connectivity index (χ4v) is 1.98. The molecule has 5 heteroatoms. The standard InChI is InChI=1S/C8H15FOS.C2H4O2/c1-2-7-3-5-8(6-4-7)10-11-9;1-4-2-3/h7-8H,2-6H2,1H3;2H,1H3. The molecule has 0 bridgehead atoms. The molecule has 1 aliphatic carbocycles. The third kappa shape index (κ3) is 7.62. The van der Waals surface area contributed by atoms with Crippen LogP contribution in [0.3, 0.4) is 0 Å². The minimum Gasteiger partial charge on any atom is -0.471 e. The van der Waals surface area contributed by atoms with Gasteiger partial charge in [-0.3, -0.25) is 8.98 Å². The van der Waals surface area contributed by atoms with Crippen LogP contribution in [0.15, 0.2) is 0 Å². The minimum absolute atomic E-state index is 0.0170. The summed E-state index contributed by atoms with van der Waals surface area (Å²) >= 11 is 0.0170. The number of carbonyl (C=O) groups is 1. The Morgan fingerprint density at radius 2 is 1.93 bits per heavy atom. The van der Waals surface area contributed by atoms with Crippen LogP contribution in [0.25, 0.3) is 0 Å². The van der Waals surface area contributed by atoms with Gasteiger partial charge in [-0.05, 0) is 31.6 Å². The summed E-state index contributed by atoms with van der Waals surface area (Å²) in [6, 6.07) is 0. The van der Waals surface area contributed by atoms with Crippen molar-refractivity contribution >= 4 is 18.9 Å². The van der Waals surface area contributed by atoms with E-state index >= 15 is 0 Å². The van der Waals surface area contributed by atoms with Gasteiger partial charge >= 0.3 is 0 Å². The van der Waals surface area contributed by atoms with Crippen LogP contribution >= 0.6 is 12.4 Å². The molecular formula is C10H19FO3S. The summed E-state index contributed by atoms with van der Waals surface area (Å²) in [5.74, 6) is 0.861. The Kier molecular flexibility index (Phi) is 10.0. The van der Waals surface area contributed by atoms with Crippen molar-refractivity contribution < 1.29 is 17.6 Å². The van der Waals surface area contributed by atoms with E-state index in [0.717, 1.165) is 18.8 Å². The lowest BCUT2D eigenvalue weighted by Crippen LogP contribution is -2.18. The number of hydrogen-bond acceptors (Lipinski definition) is 4. The third-order valence-electron chi connectivity index (χ3n) is 2.64. The third-order valence-corrected chi connectivity index (χ3v) is 2.98. The molecule has 1 saturated carbocycles. The van der Waals surface area contributed by atoms with Gasteiger partial charge in [0, 0.05) is 0 Å². The molecule has 0 aliphatic heterocycles. The minimum atomic E-state index is 0.0170. The zero-order chi connectivity index (χ0) is 11.5. The van der Waals surface area contributed by atoms with Crippen LogP contribution in [0.1, 0.15) is 39.0 Å². The van der Waals surface area contributed by atoms with Gasteiger partial charge in [0.05, 0.1) is 13.2 Å². The normalized spacial score (nSPS) is 25.0. The van der Waals surface area contributed by atoms with Gasteiger partial charge in [0.1, 0.15) is 0 Å². The summed E-state index contributed by atoms with van der Waals surface area (Å²) in [4.78, 5) is 8.95. The second kappa shape index (κ2) is 10.2. The van der Waals surface area contributed by atoms with E-state index < -0.39 is 0 Å². The Hall–Kier alpha value is -0.290. The average Bonchev–Trinajstić information content (AvgIpc) is 2.31. The molecule has 0 aromatic carbocycles. The number of ether oxygens (including phenoxy) is 1. The molecule has 15 heavy (non-hydrogen) atoms. The molecule has 0 saturated heterocycles. The molecule has 0 aromatic heterocycles. The molecule has 0 aromatic rings. The largest absolute Gasteiger partial charge is 0.471 e. The van der Waals surface area contributed by atoms with Crippen LogP contribution in [-0.4, -0.2) is 19.7 Å². The van der Waals surface area contributed by atoms with Crippen LogP contribution in [0.2, 0.25) is 0 Å². The quantitative estimate of drug-likeness (QED) is 0.556. The first-order chi connectivity index (χ1) is 7.28. The van der Waals surface area contributed by atoms with Gasteiger partial charge in [0.15, 0.2) is 0 Å².